The number of hydrogen-bond donors (Lipinski definition) is 2. The lowest BCUT2D eigenvalue weighted by molar-refractivity contribution is 0.0526. The molecule has 0 fully saturated rings. The van der Waals surface area contributed by atoms with Crippen LogP contribution in [0, 0.1) is 6.92 Å². The Bertz CT molecular complexity index is 993. The quantitative estimate of drug-likeness (QED) is 0.454. The van der Waals surface area contributed by atoms with Gasteiger partial charge in [0.25, 0.3) is 0 Å². The number of anilines is 2. The van der Waals surface area contributed by atoms with E-state index in [1.54, 1.807) is 37.4 Å². The Hall–Kier alpha value is -3.20. The Morgan fingerprint density at radius 3 is 2.48 bits per heavy atom. The molecule has 0 bridgehead atoms. The van der Waals surface area contributed by atoms with Crippen LogP contribution >= 0.6 is 12.2 Å². The van der Waals surface area contributed by atoms with Gasteiger partial charge in [-0.1, -0.05) is 0 Å². The number of benzene rings is 1. The zero-order chi connectivity index (χ0) is 20.8. The molecule has 1 aromatic carbocycles. The summed E-state index contributed by atoms with van der Waals surface area (Å²) in [7, 11) is 0. The van der Waals surface area contributed by atoms with E-state index < -0.39 is 0 Å². The fraction of sp³-hybridized carbons (Fsp3) is 0.300. The van der Waals surface area contributed by atoms with Gasteiger partial charge in [-0.2, -0.15) is 10.2 Å². The minimum atomic E-state index is -0.341. The molecule has 0 unspecified atom stereocenters. The van der Waals surface area contributed by atoms with E-state index in [1.165, 1.54) is 0 Å². The summed E-state index contributed by atoms with van der Waals surface area (Å²) < 4.78 is 8.77. The third-order valence-electron chi connectivity index (χ3n) is 4.38. The second-order valence-electron chi connectivity index (χ2n) is 6.37. The maximum Gasteiger partial charge on any atom is 0.338 e. The highest BCUT2D eigenvalue weighted by atomic mass is 32.1. The van der Waals surface area contributed by atoms with Gasteiger partial charge in [0.2, 0.25) is 0 Å². The lowest BCUT2D eigenvalue weighted by atomic mass is 10.2. The summed E-state index contributed by atoms with van der Waals surface area (Å²) in [4.78, 5) is 11.7. The van der Waals surface area contributed by atoms with Crippen molar-refractivity contribution in [3.63, 3.8) is 0 Å². The molecule has 0 amide bonds. The highest BCUT2D eigenvalue weighted by molar-refractivity contribution is 7.80. The van der Waals surface area contributed by atoms with Crippen molar-refractivity contribution in [3.05, 3.63) is 59.7 Å². The van der Waals surface area contributed by atoms with Gasteiger partial charge in [-0.15, -0.1) is 0 Å². The van der Waals surface area contributed by atoms with E-state index in [4.69, 9.17) is 17.0 Å². The van der Waals surface area contributed by atoms with E-state index in [0.29, 0.717) is 23.8 Å². The highest BCUT2D eigenvalue weighted by Crippen LogP contribution is 2.14. The van der Waals surface area contributed by atoms with Gasteiger partial charge in [-0.05, 0) is 57.3 Å². The van der Waals surface area contributed by atoms with Crippen LogP contribution in [0.2, 0.25) is 0 Å². The number of nitrogens with one attached hydrogen (secondary N) is 2. The van der Waals surface area contributed by atoms with E-state index >= 15 is 0 Å². The number of ether oxygens (including phenoxy) is 1. The average molecular weight is 413 g/mol. The molecule has 9 heteroatoms. The van der Waals surface area contributed by atoms with Gasteiger partial charge < -0.3 is 15.4 Å². The first-order valence-electron chi connectivity index (χ1n) is 9.39. The van der Waals surface area contributed by atoms with Gasteiger partial charge >= 0.3 is 5.97 Å². The highest BCUT2D eigenvalue weighted by Gasteiger charge is 2.09. The van der Waals surface area contributed by atoms with Crippen molar-refractivity contribution < 1.29 is 9.53 Å². The minimum absolute atomic E-state index is 0.341. The first-order chi connectivity index (χ1) is 14.0. The first kappa shape index (κ1) is 20.5. The largest absolute Gasteiger partial charge is 0.462 e. The normalized spacial score (nSPS) is 10.6. The number of nitrogens with zero attached hydrogens (tertiary/aromatic N) is 4. The van der Waals surface area contributed by atoms with Crippen molar-refractivity contribution in [2.45, 2.75) is 33.9 Å². The van der Waals surface area contributed by atoms with E-state index in [9.17, 15) is 4.79 Å². The molecular weight excluding hydrogens is 388 g/mol. The second-order valence-corrected chi connectivity index (χ2v) is 6.78. The summed E-state index contributed by atoms with van der Waals surface area (Å²) in [5.41, 5.74) is 4.32. The number of aromatic nitrogens is 4. The van der Waals surface area contributed by atoms with Crippen molar-refractivity contribution in [2.75, 3.05) is 17.2 Å². The molecule has 3 aromatic rings. The number of esters is 1. The summed E-state index contributed by atoms with van der Waals surface area (Å²) in [6.45, 7) is 7.74. The predicted octanol–water partition coefficient (Wildman–Crippen LogP) is 3.44. The van der Waals surface area contributed by atoms with Gasteiger partial charge in [0, 0.05) is 29.7 Å². The molecule has 0 aliphatic heterocycles. The molecule has 29 heavy (non-hydrogen) atoms. The molecule has 0 aliphatic carbocycles. The van der Waals surface area contributed by atoms with Gasteiger partial charge in [0.05, 0.1) is 36.8 Å². The van der Waals surface area contributed by atoms with Crippen molar-refractivity contribution in [1.82, 2.24) is 19.6 Å². The maximum atomic E-state index is 11.7. The Kier molecular flexibility index (Phi) is 6.61. The van der Waals surface area contributed by atoms with Crippen molar-refractivity contribution in [2.24, 2.45) is 0 Å². The monoisotopic (exact) mass is 412 g/mol. The molecule has 2 N–H and O–H groups in total. The molecule has 0 aliphatic rings. The van der Waals surface area contributed by atoms with Crippen molar-refractivity contribution in [1.29, 1.82) is 0 Å². The van der Waals surface area contributed by atoms with Gasteiger partial charge in [-0.3, -0.25) is 9.36 Å². The van der Waals surface area contributed by atoms with E-state index in [-0.39, 0.29) is 5.97 Å². The topological polar surface area (TPSA) is 86.0 Å². The van der Waals surface area contributed by atoms with Crippen molar-refractivity contribution >= 4 is 34.7 Å². The fourth-order valence-corrected chi connectivity index (χ4v) is 3.08. The second kappa shape index (κ2) is 9.33. The van der Waals surface area contributed by atoms with Gasteiger partial charge in [0.15, 0.2) is 5.11 Å². The third-order valence-corrected chi connectivity index (χ3v) is 4.59. The van der Waals surface area contributed by atoms with Crippen LogP contribution in [-0.2, 0) is 17.8 Å². The summed E-state index contributed by atoms with van der Waals surface area (Å²) in [5.74, 6) is -0.341. The molecule has 2 heterocycles. The Morgan fingerprint density at radius 1 is 1.10 bits per heavy atom. The van der Waals surface area contributed by atoms with E-state index in [2.05, 4.69) is 34.7 Å². The van der Waals surface area contributed by atoms with Gasteiger partial charge in [-0.25, -0.2) is 4.79 Å². The Morgan fingerprint density at radius 2 is 1.83 bits per heavy atom. The standard InChI is InChI=1S/C20H24N6O2S/c1-4-26-14(3)16(10-22-26)12-25-13-18(11-21-25)24-20(29)23-17-8-6-15(7-9-17)19(27)28-5-2/h6-11,13H,4-5,12H2,1-3H3,(H2,23,24,29). The van der Waals surface area contributed by atoms with Crippen molar-refractivity contribution in [3.8, 4) is 0 Å². The van der Waals surface area contributed by atoms with Crippen LogP contribution in [0.4, 0.5) is 11.4 Å². The Labute approximate surface area is 174 Å². The number of carbonyl (C=O) groups excluding carboxylic acids is 1. The number of thiocarbonyl (C=S) groups is 1. The molecule has 0 atom stereocenters. The molecular formula is C20H24N6O2S. The van der Waals surface area contributed by atoms with E-state index in [1.807, 2.05) is 21.8 Å². The minimum Gasteiger partial charge on any atom is -0.462 e. The number of rotatable bonds is 7. The SMILES string of the molecule is CCOC(=O)c1ccc(NC(=S)Nc2cnn(Cc3cnn(CC)c3C)c2)cc1. The van der Waals surface area contributed by atoms with Crippen LogP contribution in [-0.4, -0.2) is 37.2 Å². The maximum absolute atomic E-state index is 11.7. The summed E-state index contributed by atoms with van der Waals surface area (Å²) in [5, 5.41) is 15.4. The molecule has 0 saturated heterocycles. The smallest absolute Gasteiger partial charge is 0.338 e. The van der Waals surface area contributed by atoms with Crippen LogP contribution in [0.3, 0.4) is 0 Å². The molecule has 3 rings (SSSR count). The number of carbonyl (C=O) groups is 1. The summed E-state index contributed by atoms with van der Waals surface area (Å²) in [6.07, 6.45) is 5.48. The average Bonchev–Trinajstić information content (AvgIpc) is 3.29. The first-order valence-corrected chi connectivity index (χ1v) is 9.80. The van der Waals surface area contributed by atoms with Crippen LogP contribution in [0.15, 0.2) is 42.9 Å². The zero-order valence-corrected chi connectivity index (χ0v) is 17.5. The number of hydrogen-bond acceptors (Lipinski definition) is 5. The molecule has 2 aromatic heterocycles. The zero-order valence-electron chi connectivity index (χ0n) is 16.7. The summed E-state index contributed by atoms with van der Waals surface area (Å²) >= 11 is 5.36. The molecule has 0 saturated carbocycles. The molecule has 152 valence electrons. The van der Waals surface area contributed by atoms with Crippen LogP contribution in [0.1, 0.15) is 35.5 Å². The fourth-order valence-electron chi connectivity index (χ4n) is 2.85. The number of aryl methyl sites for hydroxylation is 1. The molecule has 0 spiro atoms. The molecule has 0 radical (unpaired) electrons. The van der Waals surface area contributed by atoms with Crippen LogP contribution < -0.4 is 10.6 Å². The van der Waals surface area contributed by atoms with Crippen LogP contribution in [0.25, 0.3) is 0 Å². The van der Waals surface area contributed by atoms with Crippen LogP contribution in [0.5, 0.6) is 0 Å². The molecule has 8 nitrogen and oxygen atoms in total. The third kappa shape index (κ3) is 5.20. The van der Waals surface area contributed by atoms with E-state index in [0.717, 1.165) is 29.2 Å². The summed E-state index contributed by atoms with van der Waals surface area (Å²) in [6, 6.07) is 6.94. The van der Waals surface area contributed by atoms with Gasteiger partial charge in [0.1, 0.15) is 0 Å². The predicted molar refractivity (Wildman–Crippen MR) is 116 cm³/mol. The Balaban J connectivity index is 1.56. The lowest BCUT2D eigenvalue weighted by Crippen LogP contribution is -2.18. The lowest BCUT2D eigenvalue weighted by Gasteiger charge is -2.09.